The summed E-state index contributed by atoms with van der Waals surface area (Å²) in [6, 6.07) is 14.4. The molecule has 2 aromatic rings. The summed E-state index contributed by atoms with van der Waals surface area (Å²) in [5.74, 6) is -0.407. The number of carbonyl (C=O) groups is 2. The third kappa shape index (κ3) is 2.20. The molecule has 1 fully saturated rings. The second-order valence-corrected chi connectivity index (χ2v) is 7.87. The molecule has 0 saturated carbocycles. The number of nitrogens with zero attached hydrogens (tertiary/aromatic N) is 1. The standard InChI is InChI=1S/C22H22ClNO3/c1-3-21(4-2)19(26)22(13-14-7-5-6-8-17(14)18(22)25)24(20(21)27)16-11-9-15(23)10-12-16/h5-12,18,25H,3-4,13H2,1-2H3/t18-,22+/m0/s1. The van der Waals surface area contributed by atoms with Gasteiger partial charge in [-0.1, -0.05) is 49.7 Å². The zero-order valence-corrected chi connectivity index (χ0v) is 16.2. The van der Waals surface area contributed by atoms with Gasteiger partial charge < -0.3 is 5.11 Å². The fourth-order valence-electron chi connectivity index (χ4n) is 4.83. The molecule has 1 heterocycles. The molecule has 2 aromatic carbocycles. The number of hydrogen-bond acceptors (Lipinski definition) is 3. The van der Waals surface area contributed by atoms with Crippen molar-refractivity contribution in [2.75, 3.05) is 4.90 Å². The largest absolute Gasteiger partial charge is 0.385 e. The van der Waals surface area contributed by atoms with Crippen LogP contribution in [-0.4, -0.2) is 22.3 Å². The summed E-state index contributed by atoms with van der Waals surface area (Å²) < 4.78 is 0. The molecule has 0 bridgehead atoms. The van der Waals surface area contributed by atoms with Crippen LogP contribution in [0.1, 0.15) is 43.9 Å². The quantitative estimate of drug-likeness (QED) is 0.812. The number of carbonyl (C=O) groups excluding carboxylic acids is 2. The van der Waals surface area contributed by atoms with E-state index in [1.807, 2.05) is 38.1 Å². The minimum Gasteiger partial charge on any atom is -0.385 e. The van der Waals surface area contributed by atoms with Gasteiger partial charge in [0.2, 0.25) is 5.91 Å². The Morgan fingerprint density at radius 3 is 2.30 bits per heavy atom. The molecule has 1 amide bonds. The summed E-state index contributed by atoms with van der Waals surface area (Å²) in [5, 5.41) is 11.8. The van der Waals surface area contributed by atoms with Crippen molar-refractivity contribution >= 4 is 29.0 Å². The van der Waals surface area contributed by atoms with Crippen molar-refractivity contribution in [3.05, 3.63) is 64.7 Å². The second-order valence-electron chi connectivity index (χ2n) is 7.44. The van der Waals surface area contributed by atoms with E-state index in [0.29, 0.717) is 30.0 Å². The Kier molecular flexibility index (Phi) is 4.17. The lowest BCUT2D eigenvalue weighted by molar-refractivity contribution is -0.138. The average Bonchev–Trinajstić information content (AvgIpc) is 3.07. The summed E-state index contributed by atoms with van der Waals surface area (Å²) in [4.78, 5) is 29.0. The maximum atomic E-state index is 13.8. The Bertz CT molecular complexity index is 919. The van der Waals surface area contributed by atoms with Crippen LogP contribution in [-0.2, 0) is 16.0 Å². The molecule has 1 spiro atoms. The molecule has 140 valence electrons. The number of amides is 1. The maximum absolute atomic E-state index is 13.8. The molecule has 1 aliphatic carbocycles. The van der Waals surface area contributed by atoms with Gasteiger partial charge in [0.15, 0.2) is 5.78 Å². The van der Waals surface area contributed by atoms with Gasteiger partial charge in [-0.15, -0.1) is 0 Å². The van der Waals surface area contributed by atoms with Crippen LogP contribution < -0.4 is 4.90 Å². The number of rotatable bonds is 3. The van der Waals surface area contributed by atoms with Crippen LogP contribution in [0.15, 0.2) is 48.5 Å². The molecule has 2 atom stereocenters. The Labute approximate surface area is 163 Å². The summed E-state index contributed by atoms with van der Waals surface area (Å²) in [7, 11) is 0. The minimum atomic E-state index is -1.30. The van der Waals surface area contributed by atoms with Gasteiger partial charge in [-0.05, 0) is 48.2 Å². The predicted octanol–water partition coefficient (Wildman–Crippen LogP) is 4.09. The Hall–Kier alpha value is -2.17. The Morgan fingerprint density at radius 1 is 1.07 bits per heavy atom. The molecular weight excluding hydrogens is 362 g/mol. The van der Waals surface area contributed by atoms with Crippen molar-refractivity contribution in [2.45, 2.75) is 44.8 Å². The molecule has 1 saturated heterocycles. The van der Waals surface area contributed by atoms with E-state index in [-0.39, 0.29) is 11.7 Å². The van der Waals surface area contributed by atoms with E-state index in [0.717, 1.165) is 11.1 Å². The Balaban J connectivity index is 1.96. The number of aliphatic hydroxyl groups excluding tert-OH is 1. The normalized spacial score (nSPS) is 26.1. The molecule has 4 rings (SSSR count). The molecule has 0 aromatic heterocycles. The molecular formula is C22H22ClNO3. The SMILES string of the molecule is CCC1(CC)C(=O)N(c2ccc(Cl)cc2)[C@@]2(Cc3ccccc3[C@@H]2O)C1=O. The lowest BCUT2D eigenvalue weighted by atomic mass is 9.73. The number of ketones is 1. The lowest BCUT2D eigenvalue weighted by Gasteiger charge is -2.36. The van der Waals surface area contributed by atoms with Gasteiger partial charge in [0.05, 0.1) is 0 Å². The number of halogens is 1. The van der Waals surface area contributed by atoms with E-state index >= 15 is 0 Å². The minimum absolute atomic E-state index is 0.177. The summed E-state index contributed by atoms with van der Waals surface area (Å²) >= 11 is 6.03. The van der Waals surface area contributed by atoms with E-state index in [2.05, 4.69) is 0 Å². The first-order valence-electron chi connectivity index (χ1n) is 9.33. The van der Waals surface area contributed by atoms with E-state index < -0.39 is 17.1 Å². The van der Waals surface area contributed by atoms with Gasteiger partial charge in [0.25, 0.3) is 0 Å². The first-order valence-corrected chi connectivity index (χ1v) is 9.71. The highest BCUT2D eigenvalue weighted by atomic mass is 35.5. The number of benzene rings is 2. The predicted molar refractivity (Wildman–Crippen MR) is 105 cm³/mol. The maximum Gasteiger partial charge on any atom is 0.241 e. The van der Waals surface area contributed by atoms with Gasteiger partial charge in [0.1, 0.15) is 17.1 Å². The van der Waals surface area contributed by atoms with Crippen LogP contribution in [0.25, 0.3) is 0 Å². The topological polar surface area (TPSA) is 57.6 Å². The molecule has 0 radical (unpaired) electrons. The van der Waals surface area contributed by atoms with Gasteiger partial charge in [-0.25, -0.2) is 0 Å². The smallest absolute Gasteiger partial charge is 0.241 e. The van der Waals surface area contributed by atoms with E-state index in [4.69, 9.17) is 11.6 Å². The number of fused-ring (bicyclic) bond motifs is 1. The highest BCUT2D eigenvalue weighted by Gasteiger charge is 2.70. The molecule has 1 aliphatic heterocycles. The second kappa shape index (κ2) is 6.18. The number of aliphatic hydroxyl groups is 1. The lowest BCUT2D eigenvalue weighted by Crippen LogP contribution is -2.53. The first kappa shape index (κ1) is 18.2. The number of hydrogen-bond donors (Lipinski definition) is 1. The van der Waals surface area contributed by atoms with Gasteiger partial charge in [-0.2, -0.15) is 0 Å². The van der Waals surface area contributed by atoms with Crippen LogP contribution in [0.3, 0.4) is 0 Å². The Morgan fingerprint density at radius 2 is 1.70 bits per heavy atom. The summed E-state index contributed by atoms with van der Waals surface area (Å²) in [5.41, 5.74) is -0.189. The van der Waals surface area contributed by atoms with Crippen LogP contribution in [0, 0.1) is 5.41 Å². The molecule has 1 N–H and O–H groups in total. The zero-order chi connectivity index (χ0) is 19.4. The summed E-state index contributed by atoms with van der Waals surface area (Å²) in [6.07, 6.45) is 0.0895. The van der Waals surface area contributed by atoms with Gasteiger partial charge in [-0.3, -0.25) is 14.5 Å². The summed E-state index contributed by atoms with van der Waals surface area (Å²) in [6.45, 7) is 3.74. The third-order valence-electron chi connectivity index (χ3n) is 6.39. The molecule has 2 aliphatic rings. The van der Waals surface area contributed by atoms with E-state index in [9.17, 15) is 14.7 Å². The van der Waals surface area contributed by atoms with Crippen molar-refractivity contribution in [3.8, 4) is 0 Å². The highest BCUT2D eigenvalue weighted by Crippen LogP contribution is 2.55. The third-order valence-corrected chi connectivity index (χ3v) is 6.65. The van der Waals surface area contributed by atoms with Crippen molar-refractivity contribution < 1.29 is 14.7 Å². The fraction of sp³-hybridized carbons (Fsp3) is 0.364. The van der Waals surface area contributed by atoms with Gasteiger partial charge >= 0.3 is 0 Å². The van der Waals surface area contributed by atoms with Crippen molar-refractivity contribution in [2.24, 2.45) is 5.41 Å². The van der Waals surface area contributed by atoms with Crippen LogP contribution in [0.4, 0.5) is 5.69 Å². The first-order chi connectivity index (χ1) is 12.9. The number of anilines is 1. The monoisotopic (exact) mass is 383 g/mol. The highest BCUT2D eigenvalue weighted by molar-refractivity contribution is 6.31. The zero-order valence-electron chi connectivity index (χ0n) is 15.4. The fourth-order valence-corrected chi connectivity index (χ4v) is 4.96. The van der Waals surface area contributed by atoms with Crippen molar-refractivity contribution in [1.82, 2.24) is 0 Å². The van der Waals surface area contributed by atoms with E-state index in [1.54, 1.807) is 29.2 Å². The van der Waals surface area contributed by atoms with E-state index in [1.165, 1.54) is 0 Å². The van der Waals surface area contributed by atoms with Crippen LogP contribution in [0.2, 0.25) is 5.02 Å². The number of Topliss-reactive ketones (excluding diaryl/α,β-unsaturated/α-hetero) is 1. The van der Waals surface area contributed by atoms with Crippen LogP contribution >= 0.6 is 11.6 Å². The average molecular weight is 384 g/mol. The molecule has 5 heteroatoms. The van der Waals surface area contributed by atoms with Gasteiger partial charge in [0, 0.05) is 17.1 Å². The molecule has 4 nitrogen and oxygen atoms in total. The van der Waals surface area contributed by atoms with Crippen molar-refractivity contribution in [3.63, 3.8) is 0 Å². The van der Waals surface area contributed by atoms with Crippen molar-refractivity contribution in [1.29, 1.82) is 0 Å². The van der Waals surface area contributed by atoms with Crippen LogP contribution in [0.5, 0.6) is 0 Å². The molecule has 0 unspecified atom stereocenters. The molecule has 27 heavy (non-hydrogen) atoms.